The maximum Gasteiger partial charge on any atom is 0.281 e. The van der Waals surface area contributed by atoms with Gasteiger partial charge in [0.25, 0.3) is 6.43 Å². The molecule has 13 heavy (non-hydrogen) atoms. The van der Waals surface area contributed by atoms with Gasteiger partial charge in [0.2, 0.25) is 0 Å². The van der Waals surface area contributed by atoms with Crippen molar-refractivity contribution in [3.63, 3.8) is 0 Å². The molecular weight excluding hydrogens is 314 g/mol. The number of aromatic nitrogens is 1. The summed E-state index contributed by atoms with van der Waals surface area (Å²) in [6, 6.07) is 1.37. The van der Waals surface area contributed by atoms with Crippen molar-refractivity contribution >= 4 is 34.2 Å². The highest BCUT2D eigenvalue weighted by Crippen LogP contribution is 2.28. The fourth-order valence-electron chi connectivity index (χ4n) is 0.794. The molecule has 0 aromatic carbocycles. The third-order valence-corrected chi connectivity index (χ3v) is 3.11. The van der Waals surface area contributed by atoms with Crippen LogP contribution in [0.5, 0.6) is 0 Å². The first kappa shape index (κ1) is 11.1. The van der Waals surface area contributed by atoms with Gasteiger partial charge in [-0.15, -0.1) is 0 Å². The van der Waals surface area contributed by atoms with Gasteiger partial charge in [-0.25, -0.2) is 13.8 Å². The van der Waals surface area contributed by atoms with Gasteiger partial charge < -0.3 is 5.11 Å². The van der Waals surface area contributed by atoms with E-state index in [2.05, 4.69) is 4.98 Å². The lowest BCUT2D eigenvalue weighted by molar-refractivity contribution is 0.144. The van der Waals surface area contributed by atoms with Crippen LogP contribution in [0, 0.1) is 3.57 Å². The SMILES string of the molecule is OCc1cc(Cl)c(I)c(C(F)F)n1. The van der Waals surface area contributed by atoms with E-state index >= 15 is 0 Å². The van der Waals surface area contributed by atoms with Crippen LogP contribution in [0.15, 0.2) is 6.07 Å². The summed E-state index contributed by atoms with van der Waals surface area (Å²) in [5.74, 6) is 0. The second kappa shape index (κ2) is 4.47. The number of hydrogen-bond donors (Lipinski definition) is 1. The molecule has 2 nitrogen and oxygen atoms in total. The Morgan fingerprint density at radius 1 is 1.62 bits per heavy atom. The predicted molar refractivity (Wildman–Crippen MR) is 52.8 cm³/mol. The van der Waals surface area contributed by atoms with Crippen molar-refractivity contribution < 1.29 is 13.9 Å². The summed E-state index contributed by atoms with van der Waals surface area (Å²) in [5.41, 5.74) is -0.224. The van der Waals surface area contributed by atoms with Crippen LogP contribution in [0.3, 0.4) is 0 Å². The highest BCUT2D eigenvalue weighted by atomic mass is 127. The van der Waals surface area contributed by atoms with Gasteiger partial charge in [-0.1, -0.05) is 11.6 Å². The average molecular weight is 319 g/mol. The highest BCUT2D eigenvalue weighted by Gasteiger charge is 2.16. The number of rotatable bonds is 2. The summed E-state index contributed by atoms with van der Waals surface area (Å²) in [4.78, 5) is 3.56. The van der Waals surface area contributed by atoms with Gasteiger partial charge in [-0.2, -0.15) is 0 Å². The molecule has 0 saturated carbocycles. The van der Waals surface area contributed by atoms with E-state index in [1.807, 2.05) is 0 Å². The predicted octanol–water partition coefficient (Wildman–Crippen LogP) is 2.77. The molecular formula is C7H5ClF2INO. The van der Waals surface area contributed by atoms with Crippen LogP contribution in [0.25, 0.3) is 0 Å². The Morgan fingerprint density at radius 3 is 2.69 bits per heavy atom. The van der Waals surface area contributed by atoms with E-state index in [0.717, 1.165) is 0 Å². The van der Waals surface area contributed by atoms with Gasteiger partial charge in [0.15, 0.2) is 0 Å². The van der Waals surface area contributed by atoms with Crippen molar-refractivity contribution in [2.75, 3.05) is 0 Å². The molecule has 0 aliphatic rings. The van der Waals surface area contributed by atoms with Crippen molar-refractivity contribution in [3.05, 3.63) is 26.0 Å². The van der Waals surface area contributed by atoms with Gasteiger partial charge >= 0.3 is 0 Å². The smallest absolute Gasteiger partial charge is 0.281 e. The first-order valence-electron chi connectivity index (χ1n) is 3.30. The Morgan fingerprint density at radius 2 is 2.23 bits per heavy atom. The summed E-state index contributed by atoms with van der Waals surface area (Å²) in [5, 5.41) is 8.88. The van der Waals surface area contributed by atoms with Crippen LogP contribution in [-0.4, -0.2) is 10.1 Å². The molecule has 6 heteroatoms. The zero-order valence-electron chi connectivity index (χ0n) is 6.27. The Labute approximate surface area is 92.1 Å². The van der Waals surface area contributed by atoms with Gasteiger partial charge in [0.05, 0.1) is 20.9 Å². The number of nitrogens with zero attached hydrogens (tertiary/aromatic N) is 1. The summed E-state index contributed by atoms with van der Waals surface area (Å²) in [6.07, 6.45) is -2.67. The largest absolute Gasteiger partial charge is 0.390 e. The third-order valence-electron chi connectivity index (χ3n) is 1.36. The Balaban J connectivity index is 3.25. The highest BCUT2D eigenvalue weighted by molar-refractivity contribution is 14.1. The molecule has 0 fully saturated rings. The van der Waals surface area contributed by atoms with Crippen molar-refractivity contribution in [3.8, 4) is 0 Å². The van der Waals surface area contributed by atoms with Crippen LogP contribution < -0.4 is 0 Å². The molecule has 72 valence electrons. The molecule has 1 heterocycles. The van der Waals surface area contributed by atoms with Gasteiger partial charge in [-0.3, -0.25) is 0 Å². The van der Waals surface area contributed by atoms with E-state index < -0.39 is 13.0 Å². The normalized spacial score (nSPS) is 10.9. The Bertz CT molecular complexity index is 322. The standard InChI is InChI=1S/C7H5ClF2INO/c8-4-1-3(2-13)12-6(5(4)11)7(9)10/h1,7,13H,2H2. The molecule has 0 atom stereocenters. The average Bonchev–Trinajstić information content (AvgIpc) is 2.09. The Hall–Kier alpha value is -0.0100. The maximum atomic E-state index is 12.3. The van der Waals surface area contributed by atoms with Gasteiger partial charge in [0.1, 0.15) is 5.69 Å². The van der Waals surface area contributed by atoms with Crippen LogP contribution in [0.2, 0.25) is 5.02 Å². The van der Waals surface area contributed by atoms with Gasteiger partial charge in [0, 0.05) is 0 Å². The quantitative estimate of drug-likeness (QED) is 0.850. The number of halogens is 4. The molecule has 1 N–H and O–H groups in total. The van der Waals surface area contributed by atoms with Crippen LogP contribution in [-0.2, 0) is 6.61 Å². The molecule has 0 aliphatic carbocycles. The minimum absolute atomic E-state index is 0.153. The molecule has 1 rings (SSSR count). The number of hydrogen-bond acceptors (Lipinski definition) is 2. The number of aliphatic hydroxyl groups is 1. The number of pyridine rings is 1. The lowest BCUT2D eigenvalue weighted by atomic mass is 10.3. The second-order valence-corrected chi connectivity index (χ2v) is 3.74. The molecule has 0 saturated heterocycles. The molecule has 0 amide bonds. The fraction of sp³-hybridized carbons (Fsp3) is 0.286. The zero-order chi connectivity index (χ0) is 10.0. The topological polar surface area (TPSA) is 33.1 Å². The number of aliphatic hydroxyl groups excluding tert-OH is 1. The molecule has 0 radical (unpaired) electrons. The minimum Gasteiger partial charge on any atom is -0.390 e. The minimum atomic E-state index is -2.67. The van der Waals surface area contributed by atoms with Crippen LogP contribution >= 0.6 is 34.2 Å². The van der Waals surface area contributed by atoms with Crippen LogP contribution in [0.1, 0.15) is 17.8 Å². The lowest BCUT2D eigenvalue weighted by Crippen LogP contribution is -2.00. The summed E-state index contributed by atoms with van der Waals surface area (Å²) in [6.45, 7) is -0.393. The van der Waals surface area contributed by atoms with Crippen molar-refractivity contribution in [1.29, 1.82) is 0 Å². The van der Waals surface area contributed by atoms with Crippen molar-refractivity contribution in [2.24, 2.45) is 0 Å². The van der Waals surface area contributed by atoms with E-state index in [-0.39, 0.29) is 20.0 Å². The molecule has 1 aromatic rings. The first-order chi connectivity index (χ1) is 6.06. The number of alkyl halides is 2. The fourth-order valence-corrected chi connectivity index (χ4v) is 1.53. The van der Waals surface area contributed by atoms with E-state index in [1.165, 1.54) is 6.07 Å². The van der Waals surface area contributed by atoms with Crippen molar-refractivity contribution in [1.82, 2.24) is 4.98 Å². The van der Waals surface area contributed by atoms with Crippen LogP contribution in [0.4, 0.5) is 8.78 Å². The maximum absolute atomic E-state index is 12.3. The zero-order valence-corrected chi connectivity index (χ0v) is 9.18. The van der Waals surface area contributed by atoms with E-state index in [1.54, 1.807) is 22.6 Å². The van der Waals surface area contributed by atoms with Gasteiger partial charge in [-0.05, 0) is 28.7 Å². The van der Waals surface area contributed by atoms with E-state index in [4.69, 9.17) is 16.7 Å². The summed E-state index contributed by atoms with van der Waals surface area (Å²) in [7, 11) is 0. The molecule has 0 bridgehead atoms. The molecule has 0 aliphatic heterocycles. The first-order valence-corrected chi connectivity index (χ1v) is 4.75. The van der Waals surface area contributed by atoms with Crippen molar-refractivity contribution in [2.45, 2.75) is 13.0 Å². The van der Waals surface area contributed by atoms with E-state index in [9.17, 15) is 8.78 Å². The Kier molecular flexibility index (Phi) is 3.81. The summed E-state index contributed by atoms with van der Waals surface area (Å²) < 4.78 is 24.9. The summed E-state index contributed by atoms with van der Waals surface area (Å²) >= 11 is 7.35. The lowest BCUT2D eigenvalue weighted by Gasteiger charge is -2.06. The van der Waals surface area contributed by atoms with E-state index in [0.29, 0.717) is 0 Å². The second-order valence-electron chi connectivity index (χ2n) is 2.25. The molecule has 0 unspecified atom stereocenters. The molecule has 0 spiro atoms. The molecule has 1 aromatic heterocycles. The third kappa shape index (κ3) is 2.47. The monoisotopic (exact) mass is 319 g/mol.